The number of amides is 1. The molecule has 4 atom stereocenters. The van der Waals surface area contributed by atoms with Gasteiger partial charge in [0.15, 0.2) is 11.5 Å². The van der Waals surface area contributed by atoms with E-state index in [1.165, 1.54) is 6.33 Å². The van der Waals surface area contributed by atoms with Crippen LogP contribution in [0.4, 0.5) is 5.82 Å². The maximum absolute atomic E-state index is 12.7. The van der Waals surface area contributed by atoms with Gasteiger partial charge in [-0.05, 0) is 31.0 Å². The molecule has 4 rings (SSSR count). The van der Waals surface area contributed by atoms with Crippen LogP contribution in [-0.2, 0) is 0 Å². The SMILES string of the molecule is CNc1ncnc2c1ncn2[C@@H]1CC[C@@H](NC(=O)c2cccc(OCCN)c2)[C@@H](O)[C@@H]1O. The molecule has 3 aromatic rings. The van der Waals surface area contributed by atoms with Crippen LogP contribution in [0, 0.1) is 0 Å². The highest BCUT2D eigenvalue weighted by atomic mass is 16.5. The summed E-state index contributed by atoms with van der Waals surface area (Å²) in [5.74, 6) is 0.780. The van der Waals surface area contributed by atoms with Gasteiger partial charge in [0.25, 0.3) is 5.91 Å². The maximum Gasteiger partial charge on any atom is 0.251 e. The van der Waals surface area contributed by atoms with Crippen molar-refractivity contribution in [1.29, 1.82) is 0 Å². The first-order valence-corrected chi connectivity index (χ1v) is 10.5. The van der Waals surface area contributed by atoms with Crippen molar-refractivity contribution >= 4 is 22.9 Å². The van der Waals surface area contributed by atoms with Crippen molar-refractivity contribution in [3.63, 3.8) is 0 Å². The smallest absolute Gasteiger partial charge is 0.251 e. The fourth-order valence-corrected chi connectivity index (χ4v) is 4.05. The maximum atomic E-state index is 12.7. The summed E-state index contributed by atoms with van der Waals surface area (Å²) in [6.07, 6.45) is 1.74. The van der Waals surface area contributed by atoms with Gasteiger partial charge in [0.05, 0.1) is 18.4 Å². The molecule has 1 amide bonds. The van der Waals surface area contributed by atoms with Gasteiger partial charge in [0, 0.05) is 19.2 Å². The number of hydrogen-bond donors (Lipinski definition) is 5. The molecule has 0 spiro atoms. The molecule has 1 aromatic carbocycles. The van der Waals surface area contributed by atoms with Crippen LogP contribution < -0.4 is 21.1 Å². The molecular formula is C21H27N7O4. The van der Waals surface area contributed by atoms with E-state index in [0.29, 0.717) is 54.3 Å². The lowest BCUT2D eigenvalue weighted by Gasteiger charge is -2.38. The summed E-state index contributed by atoms with van der Waals surface area (Å²) < 4.78 is 7.22. The summed E-state index contributed by atoms with van der Waals surface area (Å²) >= 11 is 0. The van der Waals surface area contributed by atoms with Gasteiger partial charge in [-0.15, -0.1) is 0 Å². The van der Waals surface area contributed by atoms with E-state index < -0.39 is 24.3 Å². The molecule has 32 heavy (non-hydrogen) atoms. The van der Waals surface area contributed by atoms with Gasteiger partial charge in [-0.2, -0.15) is 0 Å². The number of aromatic nitrogens is 4. The van der Waals surface area contributed by atoms with Crippen LogP contribution in [0.1, 0.15) is 29.2 Å². The summed E-state index contributed by atoms with van der Waals surface area (Å²) in [5, 5.41) is 27.4. The van der Waals surface area contributed by atoms with Gasteiger partial charge in [0.2, 0.25) is 0 Å². The van der Waals surface area contributed by atoms with E-state index in [-0.39, 0.29) is 5.91 Å². The number of carbonyl (C=O) groups excluding carboxylic acids is 1. The van der Waals surface area contributed by atoms with Crippen molar-refractivity contribution in [1.82, 2.24) is 24.8 Å². The van der Waals surface area contributed by atoms with Gasteiger partial charge in [-0.25, -0.2) is 15.0 Å². The standard InChI is InChI=1S/C21H27N7O4/c1-23-19-16-20(25-10-24-19)28(11-26-16)15-6-5-14(17(29)18(15)30)27-21(31)12-3-2-4-13(9-12)32-8-7-22/h2-4,9-11,14-15,17-18,29-30H,5-8,22H2,1H3,(H,27,31)(H,23,24,25)/t14-,15-,17-,18-/m1/s1. The van der Waals surface area contributed by atoms with Crippen molar-refractivity contribution in [2.45, 2.75) is 37.1 Å². The van der Waals surface area contributed by atoms with E-state index in [1.54, 1.807) is 42.2 Å². The van der Waals surface area contributed by atoms with Crippen LogP contribution in [0.25, 0.3) is 11.2 Å². The predicted molar refractivity (Wildman–Crippen MR) is 117 cm³/mol. The molecule has 1 aliphatic rings. The highest BCUT2D eigenvalue weighted by Gasteiger charge is 2.39. The number of imidazole rings is 1. The van der Waals surface area contributed by atoms with Crippen molar-refractivity contribution in [2.24, 2.45) is 5.73 Å². The molecule has 11 nitrogen and oxygen atoms in total. The monoisotopic (exact) mass is 441 g/mol. The minimum Gasteiger partial charge on any atom is -0.492 e. The molecule has 0 bridgehead atoms. The first kappa shape index (κ1) is 21.9. The van der Waals surface area contributed by atoms with Gasteiger partial charge >= 0.3 is 0 Å². The molecule has 1 saturated carbocycles. The lowest BCUT2D eigenvalue weighted by Crippen LogP contribution is -2.54. The minimum atomic E-state index is -1.16. The van der Waals surface area contributed by atoms with Gasteiger partial charge in [0.1, 0.15) is 36.4 Å². The fourth-order valence-electron chi connectivity index (χ4n) is 4.05. The summed E-state index contributed by atoms with van der Waals surface area (Å²) in [7, 11) is 1.74. The van der Waals surface area contributed by atoms with E-state index in [0.717, 1.165) is 0 Å². The topological polar surface area (TPSA) is 160 Å². The van der Waals surface area contributed by atoms with Crippen LogP contribution in [0.5, 0.6) is 5.75 Å². The zero-order valence-electron chi connectivity index (χ0n) is 17.7. The van der Waals surface area contributed by atoms with Crippen LogP contribution in [0.15, 0.2) is 36.9 Å². The van der Waals surface area contributed by atoms with E-state index in [9.17, 15) is 15.0 Å². The molecular weight excluding hydrogens is 414 g/mol. The second-order valence-corrected chi connectivity index (χ2v) is 7.67. The third-order valence-corrected chi connectivity index (χ3v) is 5.68. The number of rotatable bonds is 7. The Morgan fingerprint density at radius 1 is 1.25 bits per heavy atom. The second kappa shape index (κ2) is 9.47. The average molecular weight is 441 g/mol. The number of aliphatic hydroxyl groups excluding tert-OH is 2. The van der Waals surface area contributed by atoms with Crippen molar-refractivity contribution < 1.29 is 19.7 Å². The number of ether oxygens (including phenoxy) is 1. The molecule has 0 saturated heterocycles. The van der Waals surface area contributed by atoms with Crippen molar-refractivity contribution in [2.75, 3.05) is 25.5 Å². The first-order valence-electron chi connectivity index (χ1n) is 10.5. The molecule has 0 unspecified atom stereocenters. The molecule has 2 aromatic heterocycles. The molecule has 6 N–H and O–H groups in total. The normalized spacial score (nSPS) is 23.1. The lowest BCUT2D eigenvalue weighted by atomic mass is 9.85. The molecule has 170 valence electrons. The Labute approximate surface area is 184 Å². The van der Waals surface area contributed by atoms with Gasteiger partial charge < -0.3 is 35.9 Å². The zero-order valence-corrected chi connectivity index (χ0v) is 17.7. The number of fused-ring (bicyclic) bond motifs is 1. The van der Waals surface area contributed by atoms with Crippen LogP contribution >= 0.6 is 0 Å². The first-order chi connectivity index (χ1) is 15.5. The fraction of sp³-hybridized carbons (Fsp3) is 0.429. The summed E-state index contributed by atoms with van der Waals surface area (Å²) in [6, 6.07) is 5.71. The predicted octanol–water partition coefficient (Wildman–Crippen LogP) is 0.0608. The molecule has 1 aliphatic carbocycles. The van der Waals surface area contributed by atoms with Crippen molar-refractivity contribution in [3.05, 3.63) is 42.5 Å². The van der Waals surface area contributed by atoms with Crippen LogP contribution in [-0.4, -0.2) is 74.1 Å². The number of nitrogens with two attached hydrogens (primary N) is 1. The molecule has 1 fully saturated rings. The summed E-state index contributed by atoms with van der Waals surface area (Å²) in [6.45, 7) is 0.724. The molecule has 11 heteroatoms. The number of anilines is 1. The Balaban J connectivity index is 1.46. The number of carbonyl (C=O) groups is 1. The third-order valence-electron chi connectivity index (χ3n) is 5.68. The summed E-state index contributed by atoms with van der Waals surface area (Å²) in [4.78, 5) is 25.5. The van der Waals surface area contributed by atoms with Crippen LogP contribution in [0.2, 0.25) is 0 Å². The second-order valence-electron chi connectivity index (χ2n) is 7.67. The van der Waals surface area contributed by atoms with E-state index in [2.05, 4.69) is 25.6 Å². The number of nitrogens with one attached hydrogen (secondary N) is 2. The van der Waals surface area contributed by atoms with Crippen LogP contribution in [0.3, 0.4) is 0 Å². The highest BCUT2D eigenvalue weighted by molar-refractivity contribution is 5.94. The van der Waals surface area contributed by atoms with E-state index >= 15 is 0 Å². The Morgan fingerprint density at radius 2 is 2.09 bits per heavy atom. The number of benzene rings is 1. The quantitative estimate of drug-likeness (QED) is 0.341. The average Bonchev–Trinajstić information content (AvgIpc) is 3.25. The Kier molecular flexibility index (Phi) is 6.49. The Hall–Kier alpha value is -3.28. The molecule has 2 heterocycles. The minimum absolute atomic E-state index is 0.350. The third kappa shape index (κ3) is 4.22. The Morgan fingerprint density at radius 3 is 2.88 bits per heavy atom. The zero-order chi connectivity index (χ0) is 22.7. The summed E-state index contributed by atoms with van der Waals surface area (Å²) in [5.41, 5.74) is 7.00. The number of nitrogens with zero attached hydrogens (tertiary/aromatic N) is 4. The lowest BCUT2D eigenvalue weighted by molar-refractivity contribution is -0.0552. The molecule has 0 aliphatic heterocycles. The Bertz CT molecular complexity index is 1090. The van der Waals surface area contributed by atoms with E-state index in [4.69, 9.17) is 10.5 Å². The van der Waals surface area contributed by atoms with Gasteiger partial charge in [-0.3, -0.25) is 4.79 Å². The van der Waals surface area contributed by atoms with Gasteiger partial charge in [-0.1, -0.05) is 6.07 Å². The van der Waals surface area contributed by atoms with Crippen molar-refractivity contribution in [3.8, 4) is 5.75 Å². The number of aliphatic hydroxyl groups is 2. The highest BCUT2D eigenvalue weighted by Crippen LogP contribution is 2.32. The molecule has 0 radical (unpaired) electrons. The van der Waals surface area contributed by atoms with E-state index in [1.807, 2.05) is 0 Å². The number of hydrogen-bond acceptors (Lipinski definition) is 9. The largest absolute Gasteiger partial charge is 0.492 e.